The van der Waals surface area contributed by atoms with Gasteiger partial charge in [0.15, 0.2) is 0 Å². The Labute approximate surface area is 85.4 Å². The molecule has 1 aromatic heterocycles. The molecule has 3 nitrogen and oxygen atoms in total. The SMILES string of the molecule is Cc1ccc(C(CN)NCC(F)(F)F)o1. The maximum Gasteiger partial charge on any atom is 0.401 e. The number of aryl methyl sites for hydroxylation is 1. The Morgan fingerprint density at radius 3 is 2.53 bits per heavy atom. The normalized spacial score (nSPS) is 14.2. The zero-order valence-electron chi connectivity index (χ0n) is 8.27. The Kier molecular flexibility index (Phi) is 3.76. The summed E-state index contributed by atoms with van der Waals surface area (Å²) in [6, 6.07) is 2.71. The molecule has 0 fully saturated rings. The van der Waals surface area contributed by atoms with Gasteiger partial charge < -0.3 is 10.2 Å². The van der Waals surface area contributed by atoms with Crippen molar-refractivity contribution in [3.63, 3.8) is 0 Å². The first-order chi connectivity index (χ1) is 6.92. The molecule has 1 aromatic rings. The van der Waals surface area contributed by atoms with Gasteiger partial charge in [0.2, 0.25) is 0 Å². The van der Waals surface area contributed by atoms with Crippen molar-refractivity contribution in [2.75, 3.05) is 13.1 Å². The van der Waals surface area contributed by atoms with Crippen molar-refractivity contribution in [3.05, 3.63) is 23.7 Å². The summed E-state index contributed by atoms with van der Waals surface area (Å²) in [6.45, 7) is 0.707. The van der Waals surface area contributed by atoms with Gasteiger partial charge in [-0.1, -0.05) is 0 Å². The van der Waals surface area contributed by atoms with Crippen LogP contribution in [-0.4, -0.2) is 19.3 Å². The average molecular weight is 222 g/mol. The number of alkyl halides is 3. The molecule has 0 aliphatic heterocycles. The highest BCUT2D eigenvalue weighted by Crippen LogP contribution is 2.18. The maximum absolute atomic E-state index is 11.9. The van der Waals surface area contributed by atoms with Gasteiger partial charge in [0.05, 0.1) is 12.6 Å². The van der Waals surface area contributed by atoms with E-state index in [9.17, 15) is 13.2 Å². The van der Waals surface area contributed by atoms with Gasteiger partial charge in [0.25, 0.3) is 0 Å². The summed E-state index contributed by atoms with van der Waals surface area (Å²) < 4.78 is 41.0. The van der Waals surface area contributed by atoms with E-state index < -0.39 is 18.8 Å². The van der Waals surface area contributed by atoms with Gasteiger partial charge in [-0.3, -0.25) is 5.32 Å². The number of hydrogen-bond acceptors (Lipinski definition) is 3. The second-order valence-corrected chi connectivity index (χ2v) is 3.23. The van der Waals surface area contributed by atoms with Gasteiger partial charge in [-0.25, -0.2) is 0 Å². The molecule has 1 rings (SSSR count). The Bertz CT molecular complexity index is 309. The van der Waals surface area contributed by atoms with Crippen LogP contribution in [-0.2, 0) is 0 Å². The van der Waals surface area contributed by atoms with Gasteiger partial charge in [-0.05, 0) is 19.1 Å². The summed E-state index contributed by atoms with van der Waals surface area (Å²) in [4.78, 5) is 0. The van der Waals surface area contributed by atoms with Crippen molar-refractivity contribution in [2.45, 2.75) is 19.1 Å². The van der Waals surface area contributed by atoms with Crippen molar-refractivity contribution in [1.29, 1.82) is 0 Å². The Hall–Kier alpha value is -1.01. The maximum atomic E-state index is 11.9. The molecule has 0 amide bonds. The second kappa shape index (κ2) is 4.67. The van der Waals surface area contributed by atoms with E-state index in [1.807, 2.05) is 0 Å². The van der Waals surface area contributed by atoms with Crippen molar-refractivity contribution >= 4 is 0 Å². The van der Waals surface area contributed by atoms with E-state index in [1.165, 1.54) is 0 Å². The molecule has 0 aromatic carbocycles. The van der Waals surface area contributed by atoms with E-state index in [2.05, 4.69) is 5.32 Å². The van der Waals surface area contributed by atoms with Gasteiger partial charge in [0, 0.05) is 6.54 Å². The highest BCUT2D eigenvalue weighted by atomic mass is 19.4. The molecular weight excluding hydrogens is 209 g/mol. The molecule has 1 atom stereocenters. The molecule has 0 bridgehead atoms. The summed E-state index contributed by atoms with van der Waals surface area (Å²) in [6.07, 6.45) is -4.24. The molecule has 0 aliphatic rings. The summed E-state index contributed by atoms with van der Waals surface area (Å²) in [5, 5.41) is 2.30. The minimum absolute atomic E-state index is 0.0586. The number of furan rings is 1. The van der Waals surface area contributed by atoms with Crippen molar-refractivity contribution in [2.24, 2.45) is 5.73 Å². The van der Waals surface area contributed by atoms with Crippen LogP contribution in [0.5, 0.6) is 0 Å². The number of nitrogens with two attached hydrogens (primary N) is 1. The van der Waals surface area contributed by atoms with E-state index in [0.29, 0.717) is 11.5 Å². The number of nitrogens with one attached hydrogen (secondary N) is 1. The van der Waals surface area contributed by atoms with Crippen molar-refractivity contribution in [1.82, 2.24) is 5.32 Å². The molecule has 86 valence electrons. The van der Waals surface area contributed by atoms with Crippen LogP contribution in [0.15, 0.2) is 16.5 Å². The van der Waals surface area contributed by atoms with Gasteiger partial charge in [0.1, 0.15) is 11.5 Å². The molecule has 6 heteroatoms. The van der Waals surface area contributed by atoms with Crippen LogP contribution in [0.3, 0.4) is 0 Å². The standard InChI is InChI=1S/C9H13F3N2O/c1-6-2-3-8(15-6)7(4-13)14-5-9(10,11)12/h2-3,7,14H,4-5,13H2,1H3. The largest absolute Gasteiger partial charge is 0.465 e. The molecule has 0 saturated carbocycles. The summed E-state index contributed by atoms with van der Waals surface area (Å²) in [5.41, 5.74) is 5.35. The highest BCUT2D eigenvalue weighted by molar-refractivity contribution is 5.10. The quantitative estimate of drug-likeness (QED) is 0.815. The molecule has 3 N–H and O–H groups in total. The highest BCUT2D eigenvalue weighted by Gasteiger charge is 2.28. The molecule has 0 aliphatic carbocycles. The van der Waals surface area contributed by atoms with E-state index in [4.69, 9.17) is 10.2 Å². The lowest BCUT2D eigenvalue weighted by atomic mass is 10.2. The summed E-state index contributed by atoms with van der Waals surface area (Å²) in [7, 11) is 0. The fourth-order valence-corrected chi connectivity index (χ4v) is 1.18. The summed E-state index contributed by atoms with van der Waals surface area (Å²) in [5.74, 6) is 1.08. The zero-order valence-corrected chi connectivity index (χ0v) is 8.27. The van der Waals surface area contributed by atoms with Crippen LogP contribution in [0.2, 0.25) is 0 Å². The Morgan fingerprint density at radius 1 is 1.47 bits per heavy atom. The van der Waals surface area contributed by atoms with E-state index in [1.54, 1.807) is 19.1 Å². The van der Waals surface area contributed by atoms with Gasteiger partial charge in [-0.15, -0.1) is 0 Å². The lowest BCUT2D eigenvalue weighted by molar-refractivity contribution is -0.126. The number of halogens is 3. The minimum Gasteiger partial charge on any atom is -0.465 e. The smallest absolute Gasteiger partial charge is 0.401 e. The number of rotatable bonds is 4. The average Bonchev–Trinajstić information content (AvgIpc) is 2.51. The molecule has 1 unspecified atom stereocenters. The van der Waals surface area contributed by atoms with Gasteiger partial charge in [-0.2, -0.15) is 13.2 Å². The molecule has 1 heterocycles. The van der Waals surface area contributed by atoms with E-state index in [0.717, 1.165) is 0 Å². The Morgan fingerprint density at radius 2 is 2.13 bits per heavy atom. The first-order valence-corrected chi connectivity index (χ1v) is 4.49. The first kappa shape index (κ1) is 12.1. The second-order valence-electron chi connectivity index (χ2n) is 3.23. The third-order valence-corrected chi connectivity index (χ3v) is 1.89. The lowest BCUT2D eigenvalue weighted by Gasteiger charge is -2.15. The fraction of sp³-hybridized carbons (Fsp3) is 0.556. The molecule has 0 spiro atoms. The minimum atomic E-state index is -4.24. The predicted octanol–water partition coefficient (Wildman–Crippen LogP) is 1.74. The van der Waals surface area contributed by atoms with Crippen LogP contribution in [0.1, 0.15) is 17.6 Å². The summed E-state index contributed by atoms with van der Waals surface area (Å²) >= 11 is 0. The van der Waals surface area contributed by atoms with Crippen LogP contribution >= 0.6 is 0 Å². The molecular formula is C9H13F3N2O. The third-order valence-electron chi connectivity index (χ3n) is 1.89. The lowest BCUT2D eigenvalue weighted by Crippen LogP contribution is -2.35. The third kappa shape index (κ3) is 3.93. The van der Waals surface area contributed by atoms with E-state index in [-0.39, 0.29) is 6.54 Å². The topological polar surface area (TPSA) is 51.2 Å². The fourth-order valence-electron chi connectivity index (χ4n) is 1.18. The molecule has 0 saturated heterocycles. The molecule has 15 heavy (non-hydrogen) atoms. The van der Waals surface area contributed by atoms with Crippen LogP contribution in [0, 0.1) is 6.92 Å². The van der Waals surface area contributed by atoms with Crippen molar-refractivity contribution in [3.8, 4) is 0 Å². The zero-order chi connectivity index (χ0) is 11.5. The predicted molar refractivity (Wildman–Crippen MR) is 49.3 cm³/mol. The Balaban J connectivity index is 2.57. The van der Waals surface area contributed by atoms with Crippen LogP contribution in [0.4, 0.5) is 13.2 Å². The number of hydrogen-bond donors (Lipinski definition) is 2. The first-order valence-electron chi connectivity index (χ1n) is 4.49. The van der Waals surface area contributed by atoms with Crippen LogP contribution < -0.4 is 11.1 Å². The van der Waals surface area contributed by atoms with Crippen molar-refractivity contribution < 1.29 is 17.6 Å². The monoisotopic (exact) mass is 222 g/mol. The molecule has 0 radical (unpaired) electrons. The van der Waals surface area contributed by atoms with Crippen LogP contribution in [0.25, 0.3) is 0 Å². The van der Waals surface area contributed by atoms with Gasteiger partial charge >= 0.3 is 6.18 Å². The van der Waals surface area contributed by atoms with E-state index >= 15 is 0 Å².